The van der Waals surface area contributed by atoms with Crippen LogP contribution in [0.5, 0.6) is 5.75 Å². The van der Waals surface area contributed by atoms with Gasteiger partial charge in [-0.05, 0) is 75.8 Å². The van der Waals surface area contributed by atoms with E-state index in [9.17, 15) is 9.59 Å². The third-order valence-corrected chi connectivity index (χ3v) is 7.35. The highest BCUT2D eigenvalue weighted by molar-refractivity contribution is 5.89. The van der Waals surface area contributed by atoms with Gasteiger partial charge < -0.3 is 25.3 Å². The van der Waals surface area contributed by atoms with E-state index in [0.717, 1.165) is 48.0 Å². The van der Waals surface area contributed by atoms with Gasteiger partial charge in [0.2, 0.25) is 11.8 Å². The first-order chi connectivity index (χ1) is 18.2. The summed E-state index contributed by atoms with van der Waals surface area (Å²) in [5.74, 6) is 1.17. The average Bonchev–Trinajstić information content (AvgIpc) is 3.32. The van der Waals surface area contributed by atoms with Gasteiger partial charge in [0.1, 0.15) is 11.8 Å². The maximum atomic E-state index is 13.8. The molecular formula is C31H42N4O3. The molecule has 38 heavy (non-hydrogen) atoms. The lowest BCUT2D eigenvalue weighted by Crippen LogP contribution is -2.51. The molecule has 0 saturated carbocycles. The van der Waals surface area contributed by atoms with Crippen molar-refractivity contribution in [1.82, 2.24) is 20.5 Å². The minimum absolute atomic E-state index is 0.00470. The summed E-state index contributed by atoms with van der Waals surface area (Å²) in [6.07, 6.45) is 5.27. The molecule has 1 fully saturated rings. The molecule has 3 N–H and O–H groups in total. The molecule has 1 aliphatic heterocycles. The summed E-state index contributed by atoms with van der Waals surface area (Å²) in [6.45, 7) is 8.42. The SMILES string of the molecule is COc1ccccc1C1CCN(C(=O)[C@@H](Cc2c[nH]c3ccccc23)NC(=O)CCCNC(C)(C)C)CC1. The molecule has 1 saturated heterocycles. The normalized spacial score (nSPS) is 15.4. The molecule has 7 nitrogen and oxygen atoms in total. The molecule has 7 heteroatoms. The predicted molar refractivity (Wildman–Crippen MR) is 152 cm³/mol. The van der Waals surface area contributed by atoms with E-state index >= 15 is 0 Å². The van der Waals surface area contributed by atoms with Crippen LogP contribution in [0, 0.1) is 0 Å². The van der Waals surface area contributed by atoms with Gasteiger partial charge >= 0.3 is 0 Å². The van der Waals surface area contributed by atoms with Crippen molar-refractivity contribution in [3.05, 3.63) is 65.9 Å². The molecule has 204 valence electrons. The fraction of sp³-hybridized carbons (Fsp3) is 0.484. The highest BCUT2D eigenvalue weighted by Crippen LogP contribution is 2.34. The van der Waals surface area contributed by atoms with E-state index in [2.05, 4.69) is 48.5 Å². The monoisotopic (exact) mass is 518 g/mol. The van der Waals surface area contributed by atoms with Gasteiger partial charge in [-0.25, -0.2) is 0 Å². The molecule has 0 spiro atoms. The Labute approximate surface area is 226 Å². The highest BCUT2D eigenvalue weighted by atomic mass is 16.5. The lowest BCUT2D eigenvalue weighted by molar-refractivity contribution is -0.137. The summed E-state index contributed by atoms with van der Waals surface area (Å²) in [5, 5.41) is 7.59. The molecule has 1 aromatic heterocycles. The number of aromatic amines is 1. The van der Waals surface area contributed by atoms with Crippen molar-refractivity contribution in [1.29, 1.82) is 0 Å². The Morgan fingerprint density at radius 3 is 2.53 bits per heavy atom. The summed E-state index contributed by atoms with van der Waals surface area (Å²) in [5.41, 5.74) is 3.29. The zero-order chi connectivity index (χ0) is 27.1. The largest absolute Gasteiger partial charge is 0.496 e. The number of fused-ring (bicyclic) bond motifs is 1. The molecule has 1 atom stereocenters. The van der Waals surface area contributed by atoms with E-state index in [-0.39, 0.29) is 17.4 Å². The van der Waals surface area contributed by atoms with E-state index in [1.165, 1.54) is 5.56 Å². The highest BCUT2D eigenvalue weighted by Gasteiger charge is 2.31. The number of para-hydroxylation sites is 2. The second kappa shape index (κ2) is 12.5. The number of hydrogen-bond acceptors (Lipinski definition) is 4. The van der Waals surface area contributed by atoms with Gasteiger partial charge in [0, 0.05) is 48.6 Å². The summed E-state index contributed by atoms with van der Waals surface area (Å²) in [4.78, 5) is 31.9. The minimum Gasteiger partial charge on any atom is -0.496 e. The van der Waals surface area contributed by atoms with Crippen molar-refractivity contribution < 1.29 is 14.3 Å². The van der Waals surface area contributed by atoms with Gasteiger partial charge in [-0.3, -0.25) is 9.59 Å². The number of carbonyl (C=O) groups excluding carboxylic acids is 2. The number of methoxy groups -OCH3 is 1. The van der Waals surface area contributed by atoms with Gasteiger partial charge in [-0.1, -0.05) is 36.4 Å². The van der Waals surface area contributed by atoms with Crippen LogP contribution < -0.4 is 15.4 Å². The smallest absolute Gasteiger partial charge is 0.245 e. The number of nitrogens with one attached hydrogen (secondary N) is 3. The van der Waals surface area contributed by atoms with Gasteiger partial charge in [0.25, 0.3) is 0 Å². The van der Waals surface area contributed by atoms with E-state index in [4.69, 9.17) is 4.74 Å². The van der Waals surface area contributed by atoms with Crippen LogP contribution >= 0.6 is 0 Å². The third kappa shape index (κ3) is 7.16. The van der Waals surface area contributed by atoms with Crippen molar-refractivity contribution in [3.8, 4) is 5.75 Å². The minimum atomic E-state index is -0.597. The van der Waals surface area contributed by atoms with Crippen molar-refractivity contribution in [2.45, 2.75) is 70.4 Å². The first-order valence-corrected chi connectivity index (χ1v) is 13.8. The van der Waals surface area contributed by atoms with Crippen LogP contribution in [-0.2, 0) is 16.0 Å². The fourth-order valence-electron chi connectivity index (χ4n) is 5.33. The van der Waals surface area contributed by atoms with E-state index in [0.29, 0.717) is 31.8 Å². The Bertz CT molecular complexity index is 1220. The Balaban J connectivity index is 1.43. The molecule has 0 aliphatic carbocycles. The lowest BCUT2D eigenvalue weighted by Gasteiger charge is -2.35. The maximum Gasteiger partial charge on any atom is 0.245 e. The number of aromatic nitrogens is 1. The van der Waals surface area contributed by atoms with Crippen LogP contribution in [-0.4, -0.2) is 60.0 Å². The molecule has 3 aromatic rings. The zero-order valence-electron chi connectivity index (χ0n) is 23.2. The van der Waals surface area contributed by atoms with Crippen LogP contribution in [0.15, 0.2) is 54.7 Å². The van der Waals surface area contributed by atoms with Crippen molar-refractivity contribution in [3.63, 3.8) is 0 Å². The Kier molecular flexibility index (Phi) is 9.10. The van der Waals surface area contributed by atoms with Gasteiger partial charge in [0.15, 0.2) is 0 Å². The predicted octanol–water partition coefficient (Wildman–Crippen LogP) is 4.78. The topological polar surface area (TPSA) is 86.5 Å². The molecule has 2 heterocycles. The number of hydrogen-bond donors (Lipinski definition) is 3. The zero-order valence-corrected chi connectivity index (χ0v) is 23.2. The second-order valence-corrected chi connectivity index (χ2v) is 11.3. The Morgan fingerprint density at radius 2 is 1.79 bits per heavy atom. The number of benzene rings is 2. The third-order valence-electron chi connectivity index (χ3n) is 7.35. The molecule has 2 aromatic carbocycles. The number of nitrogens with zero attached hydrogens (tertiary/aromatic N) is 1. The Hall–Kier alpha value is -3.32. The number of ether oxygens (including phenoxy) is 1. The fourth-order valence-corrected chi connectivity index (χ4v) is 5.33. The van der Waals surface area contributed by atoms with Crippen LogP contribution in [0.25, 0.3) is 10.9 Å². The number of likely N-dealkylation sites (tertiary alicyclic amines) is 1. The van der Waals surface area contributed by atoms with Crippen LogP contribution in [0.3, 0.4) is 0 Å². The molecular weight excluding hydrogens is 476 g/mol. The first-order valence-electron chi connectivity index (χ1n) is 13.8. The molecule has 4 rings (SSSR count). The summed E-state index contributed by atoms with van der Waals surface area (Å²) in [6, 6.07) is 15.6. The van der Waals surface area contributed by atoms with Gasteiger partial charge in [-0.15, -0.1) is 0 Å². The summed E-state index contributed by atoms with van der Waals surface area (Å²) < 4.78 is 5.57. The number of carbonyl (C=O) groups is 2. The van der Waals surface area contributed by atoms with E-state index < -0.39 is 6.04 Å². The summed E-state index contributed by atoms with van der Waals surface area (Å²) >= 11 is 0. The molecule has 0 bridgehead atoms. The molecule has 2 amide bonds. The van der Waals surface area contributed by atoms with Crippen molar-refractivity contribution in [2.75, 3.05) is 26.7 Å². The number of piperidine rings is 1. The van der Waals surface area contributed by atoms with Crippen LogP contribution in [0.4, 0.5) is 0 Å². The first kappa shape index (κ1) is 27.7. The maximum absolute atomic E-state index is 13.8. The number of rotatable bonds is 10. The molecule has 0 radical (unpaired) electrons. The molecule has 0 unspecified atom stereocenters. The molecule has 1 aliphatic rings. The van der Waals surface area contributed by atoms with Crippen molar-refractivity contribution in [2.24, 2.45) is 0 Å². The van der Waals surface area contributed by atoms with Crippen molar-refractivity contribution >= 4 is 22.7 Å². The number of H-pyrrole nitrogens is 1. The van der Waals surface area contributed by atoms with E-state index in [1.54, 1.807) is 7.11 Å². The number of amides is 2. The second-order valence-electron chi connectivity index (χ2n) is 11.3. The van der Waals surface area contributed by atoms with E-state index in [1.807, 2.05) is 47.5 Å². The quantitative estimate of drug-likeness (QED) is 0.337. The lowest BCUT2D eigenvalue weighted by atomic mass is 9.88. The van der Waals surface area contributed by atoms with Gasteiger partial charge in [-0.2, -0.15) is 0 Å². The van der Waals surface area contributed by atoms with Crippen LogP contribution in [0.2, 0.25) is 0 Å². The summed E-state index contributed by atoms with van der Waals surface area (Å²) in [7, 11) is 1.70. The van der Waals surface area contributed by atoms with Gasteiger partial charge in [0.05, 0.1) is 7.11 Å². The van der Waals surface area contributed by atoms with Crippen LogP contribution in [0.1, 0.15) is 63.5 Å². The average molecular weight is 519 g/mol. The standard InChI is InChI=1S/C31H42N4O3/c1-31(2,3)33-17-9-14-29(36)34-27(20-23-21-32-26-12-7-5-10-24(23)26)30(37)35-18-15-22(16-19-35)25-11-6-8-13-28(25)38-4/h5-8,10-13,21-22,27,32-33H,9,14-20H2,1-4H3,(H,34,36)/t27-/m1/s1. The Morgan fingerprint density at radius 1 is 1.08 bits per heavy atom.